The van der Waals surface area contributed by atoms with Gasteiger partial charge >= 0.3 is 5.97 Å². The Hall–Kier alpha value is -2.84. The molecule has 13 nitrogen and oxygen atoms in total. The molecule has 2 bridgehead atoms. The van der Waals surface area contributed by atoms with Crippen LogP contribution in [0.25, 0.3) is 11.2 Å². The van der Waals surface area contributed by atoms with Crippen molar-refractivity contribution in [2.24, 2.45) is 39.7 Å². The zero-order chi connectivity index (χ0) is 37.2. The lowest BCUT2D eigenvalue weighted by Gasteiger charge is -2.61. The van der Waals surface area contributed by atoms with Crippen molar-refractivity contribution in [3.8, 4) is 0 Å². The number of halogens is 2. The van der Waals surface area contributed by atoms with Gasteiger partial charge in [0.1, 0.15) is 18.2 Å². The zero-order valence-electron chi connectivity index (χ0n) is 32.5. The number of carbonyl (C=O) groups excluding carboxylic acids is 3. The van der Waals surface area contributed by atoms with Crippen LogP contribution in [0.1, 0.15) is 79.6 Å². The van der Waals surface area contributed by atoms with Crippen molar-refractivity contribution >= 4 is 59.5 Å². The molecule has 3 N–H and O–H groups in total. The van der Waals surface area contributed by atoms with Crippen LogP contribution in [-0.4, -0.2) is 116 Å². The van der Waals surface area contributed by atoms with E-state index in [4.69, 9.17) is 10.5 Å². The molecule has 10 atom stereocenters. The molecule has 2 unspecified atom stereocenters. The van der Waals surface area contributed by atoms with E-state index in [1.807, 2.05) is 29.4 Å². The maximum Gasteiger partial charge on any atom is 0.320 e. The fourth-order valence-electron chi connectivity index (χ4n) is 11.0. The van der Waals surface area contributed by atoms with Gasteiger partial charge in [0.05, 0.1) is 19.0 Å². The first-order chi connectivity index (χ1) is 24.7. The van der Waals surface area contributed by atoms with E-state index < -0.39 is 23.0 Å². The number of aromatic nitrogens is 4. The maximum absolute atomic E-state index is 13.8. The molecule has 2 aliphatic heterocycles. The second-order valence-electron chi connectivity index (χ2n) is 17.3. The van der Waals surface area contributed by atoms with Gasteiger partial charge in [-0.15, -0.1) is 31.4 Å². The van der Waals surface area contributed by atoms with Gasteiger partial charge in [-0.3, -0.25) is 19.3 Å². The highest BCUT2D eigenvalue weighted by Crippen LogP contribution is 2.68. The van der Waals surface area contributed by atoms with Crippen LogP contribution < -0.4 is 10.6 Å². The minimum absolute atomic E-state index is 0. The molecule has 54 heavy (non-hydrogen) atoms. The largest absolute Gasteiger partial charge is 0.461 e. The van der Waals surface area contributed by atoms with Crippen LogP contribution in [-0.2, 0) is 25.7 Å². The highest BCUT2D eigenvalue weighted by atomic mass is 35.5. The standard InChI is InChI=1S/C39H58N8O5.2ClH/c1-7-37(5)18-29(38(6)24(2)8-12-39(26(4)34(37)51)13-9-28(48)33(38)39)52-31(50)21-44-16-17-47(25(3)19-44)30(49)11-15-46-23-43-32-35(41-22-42-36(32)46)45-14-10-27(40)20-45;;/h7,22-27,29,33-34,51H,1,8-21,40H2,2-6H3;2*1H/t24-,25?,26+,27?,29-,33-,34+,37-,38+,39+;;/m1../s1. The van der Waals surface area contributed by atoms with Crippen molar-refractivity contribution in [3.63, 3.8) is 0 Å². The molecular weight excluding hydrogens is 731 g/mol. The van der Waals surface area contributed by atoms with E-state index in [-0.39, 0.29) is 84.3 Å². The molecule has 7 rings (SSSR count). The van der Waals surface area contributed by atoms with E-state index in [1.165, 1.54) is 0 Å². The Kier molecular flexibility index (Phi) is 12.5. The zero-order valence-corrected chi connectivity index (χ0v) is 34.1. The molecule has 4 heterocycles. The Labute approximate surface area is 331 Å². The molecule has 2 aromatic rings. The molecule has 5 fully saturated rings. The molecule has 300 valence electrons. The first-order valence-electron chi connectivity index (χ1n) is 19.4. The molecular formula is C39H60Cl2N8O5. The Bertz CT molecular complexity index is 1730. The molecule has 2 saturated heterocycles. The number of nitrogens with zero attached hydrogens (tertiary/aromatic N) is 7. The molecule has 1 amide bonds. The minimum Gasteiger partial charge on any atom is -0.461 e. The topological polar surface area (TPSA) is 160 Å². The van der Waals surface area contributed by atoms with Crippen LogP contribution in [0.5, 0.6) is 0 Å². The summed E-state index contributed by atoms with van der Waals surface area (Å²) < 4.78 is 8.40. The average Bonchev–Trinajstić information content (AvgIpc) is 3.84. The summed E-state index contributed by atoms with van der Waals surface area (Å²) in [7, 11) is 0. The third-order valence-corrected chi connectivity index (χ3v) is 14.4. The number of anilines is 1. The second kappa shape index (κ2) is 16.0. The fraction of sp³-hybridized carbons (Fsp3) is 0.744. The Morgan fingerprint density at radius 3 is 2.52 bits per heavy atom. The van der Waals surface area contributed by atoms with Gasteiger partial charge < -0.3 is 29.9 Å². The molecule has 15 heteroatoms. The SMILES string of the molecule is C=C[C@]1(C)C[C@@H](OC(=O)CN2CCN(C(=O)CCn3cnc4c(N5CCC(N)C5)ncnc43)C(C)C2)[C@]2(C)[C@H](C)CC[C@]3(CCC(=O)[C@@H]32)[C@@H](C)[C@@H]1O.Cl.Cl. The molecule has 0 spiro atoms. The highest BCUT2D eigenvalue weighted by molar-refractivity contribution is 5.86. The molecule has 3 saturated carbocycles. The van der Waals surface area contributed by atoms with Gasteiger partial charge in [-0.05, 0) is 56.3 Å². The van der Waals surface area contributed by atoms with Gasteiger partial charge in [0.2, 0.25) is 5.91 Å². The number of carbonyl (C=O) groups is 3. The fourth-order valence-corrected chi connectivity index (χ4v) is 11.0. The van der Waals surface area contributed by atoms with Crippen LogP contribution >= 0.6 is 24.8 Å². The summed E-state index contributed by atoms with van der Waals surface area (Å²) in [5, 5.41) is 11.8. The van der Waals surface area contributed by atoms with Crippen molar-refractivity contribution in [3.05, 3.63) is 25.3 Å². The summed E-state index contributed by atoms with van der Waals surface area (Å²) in [5.74, 6) is 0.598. The quantitative estimate of drug-likeness (QED) is 0.294. The van der Waals surface area contributed by atoms with Crippen LogP contribution in [0.4, 0.5) is 5.82 Å². The summed E-state index contributed by atoms with van der Waals surface area (Å²) >= 11 is 0. The molecule has 0 radical (unpaired) electrons. The number of esters is 1. The smallest absolute Gasteiger partial charge is 0.320 e. The van der Waals surface area contributed by atoms with E-state index in [2.05, 4.69) is 52.1 Å². The number of rotatable bonds is 8. The second-order valence-corrected chi connectivity index (χ2v) is 17.3. The summed E-state index contributed by atoms with van der Waals surface area (Å²) in [6.07, 6.45) is 8.61. The summed E-state index contributed by atoms with van der Waals surface area (Å²) in [6.45, 7) is 18.4. The molecule has 3 aliphatic carbocycles. The number of aliphatic hydroxyl groups is 1. The van der Waals surface area contributed by atoms with Crippen LogP contribution in [0.2, 0.25) is 0 Å². The van der Waals surface area contributed by atoms with Gasteiger partial charge in [0.15, 0.2) is 17.0 Å². The number of aryl methyl sites for hydroxylation is 1. The maximum atomic E-state index is 13.8. The van der Waals surface area contributed by atoms with Crippen LogP contribution in [0.15, 0.2) is 25.3 Å². The first-order valence-corrected chi connectivity index (χ1v) is 19.4. The Morgan fingerprint density at radius 2 is 1.83 bits per heavy atom. The highest BCUT2D eigenvalue weighted by Gasteiger charge is 2.68. The summed E-state index contributed by atoms with van der Waals surface area (Å²) in [5.41, 5.74) is 6.02. The number of ketones is 1. The van der Waals surface area contributed by atoms with Crippen LogP contribution in [0.3, 0.4) is 0 Å². The van der Waals surface area contributed by atoms with Crippen molar-refractivity contribution in [2.75, 3.05) is 44.2 Å². The third-order valence-electron chi connectivity index (χ3n) is 14.4. The lowest BCUT2D eigenvalue weighted by atomic mass is 9.44. The number of ether oxygens (including phenoxy) is 1. The normalized spacial score (nSPS) is 36.8. The Morgan fingerprint density at radius 1 is 1.07 bits per heavy atom. The first kappa shape index (κ1) is 42.3. The van der Waals surface area contributed by atoms with Gasteiger partial charge in [-0.2, -0.15) is 0 Å². The number of hydrogen-bond acceptors (Lipinski definition) is 11. The number of amides is 1. The predicted octanol–water partition coefficient (Wildman–Crippen LogP) is 4.04. The number of Topliss-reactive ketones (excluding diaryl/α,β-unsaturated/α-hetero) is 1. The Balaban J connectivity index is 0.00000280. The van der Waals surface area contributed by atoms with Crippen LogP contribution in [0, 0.1) is 34.0 Å². The van der Waals surface area contributed by atoms with Crippen molar-refractivity contribution in [1.29, 1.82) is 0 Å². The average molecular weight is 792 g/mol. The van der Waals surface area contributed by atoms with Crippen molar-refractivity contribution in [1.82, 2.24) is 29.3 Å². The lowest BCUT2D eigenvalue weighted by Crippen LogP contribution is -2.63. The number of piperazine rings is 1. The van der Waals surface area contributed by atoms with E-state index in [1.54, 1.807) is 12.7 Å². The van der Waals surface area contributed by atoms with E-state index in [0.717, 1.165) is 50.1 Å². The van der Waals surface area contributed by atoms with Crippen molar-refractivity contribution in [2.45, 2.75) is 110 Å². The predicted molar refractivity (Wildman–Crippen MR) is 211 cm³/mol. The molecule has 2 aromatic heterocycles. The van der Waals surface area contributed by atoms with E-state index in [9.17, 15) is 19.5 Å². The number of aliphatic hydroxyl groups excluding tert-OH is 1. The number of imidazole rings is 1. The van der Waals surface area contributed by atoms with Gasteiger partial charge in [-0.1, -0.05) is 33.8 Å². The van der Waals surface area contributed by atoms with Crippen molar-refractivity contribution < 1.29 is 24.2 Å². The molecule has 5 aliphatic rings. The lowest BCUT2D eigenvalue weighted by molar-refractivity contribution is -0.207. The van der Waals surface area contributed by atoms with E-state index in [0.29, 0.717) is 51.1 Å². The number of fused-ring (bicyclic) bond motifs is 1. The number of nitrogens with two attached hydrogens (primary N) is 1. The number of hydrogen-bond donors (Lipinski definition) is 2. The minimum atomic E-state index is -0.698. The van der Waals surface area contributed by atoms with E-state index >= 15 is 0 Å². The van der Waals surface area contributed by atoms with Gasteiger partial charge in [0.25, 0.3) is 0 Å². The monoisotopic (exact) mass is 790 g/mol. The third kappa shape index (κ3) is 7.05. The van der Waals surface area contributed by atoms with Gasteiger partial charge in [0, 0.05) is 80.9 Å². The summed E-state index contributed by atoms with van der Waals surface area (Å²) in [4.78, 5) is 60.7. The summed E-state index contributed by atoms with van der Waals surface area (Å²) in [6, 6.07) is 0.0339. The molecule has 0 aromatic carbocycles. The van der Waals surface area contributed by atoms with Gasteiger partial charge in [-0.25, -0.2) is 15.0 Å².